The second-order valence-electron chi connectivity index (χ2n) is 10.5. The van der Waals surface area contributed by atoms with E-state index in [2.05, 4.69) is 17.1 Å². The van der Waals surface area contributed by atoms with Gasteiger partial charge in [-0.05, 0) is 57.2 Å². The second kappa shape index (κ2) is 11.4. The van der Waals surface area contributed by atoms with Crippen molar-refractivity contribution in [1.29, 1.82) is 0 Å². The van der Waals surface area contributed by atoms with Crippen LogP contribution in [0.4, 0.5) is 5.00 Å². The standard InChI is InChI=1S/C30H35N3O5S/c1-5-23(27(34)32-28-26(29(35)37-6-2)19-12-11-17(3)15-24(19)39-28)38-30(36)25-18-9-7-8-10-21(18)31-22-13-14-33(4)16-20(22)25/h7-10,17,23H,5-6,11-16H2,1-4H3,(H,32,34). The molecule has 2 unspecified atom stereocenters. The fourth-order valence-corrected chi connectivity index (χ4v) is 6.92. The van der Waals surface area contributed by atoms with Crippen LogP contribution >= 0.6 is 11.3 Å². The van der Waals surface area contributed by atoms with Crippen molar-refractivity contribution >= 4 is 45.1 Å². The van der Waals surface area contributed by atoms with Crippen LogP contribution in [-0.2, 0) is 40.1 Å². The maximum atomic E-state index is 13.7. The van der Waals surface area contributed by atoms with Crippen LogP contribution in [0.25, 0.3) is 10.9 Å². The summed E-state index contributed by atoms with van der Waals surface area (Å²) in [6.45, 7) is 7.46. The number of amides is 1. The van der Waals surface area contributed by atoms with E-state index < -0.39 is 23.9 Å². The van der Waals surface area contributed by atoms with E-state index in [1.807, 2.05) is 31.3 Å². The molecule has 2 aromatic heterocycles. The van der Waals surface area contributed by atoms with Crippen molar-refractivity contribution < 1.29 is 23.9 Å². The molecule has 9 heteroatoms. The minimum atomic E-state index is -1.02. The molecule has 0 saturated heterocycles. The molecular formula is C30H35N3O5S. The van der Waals surface area contributed by atoms with Gasteiger partial charge >= 0.3 is 11.9 Å². The van der Waals surface area contributed by atoms with Gasteiger partial charge in [0.15, 0.2) is 6.10 Å². The first-order valence-corrected chi connectivity index (χ1v) is 14.5. The molecule has 206 valence electrons. The number of fused-ring (bicyclic) bond motifs is 3. The van der Waals surface area contributed by atoms with E-state index in [1.54, 1.807) is 13.8 Å². The number of hydrogen-bond donors (Lipinski definition) is 1. The fraction of sp³-hybridized carbons (Fsp3) is 0.467. The number of pyridine rings is 1. The van der Waals surface area contributed by atoms with Gasteiger partial charge in [-0.1, -0.05) is 32.0 Å². The third kappa shape index (κ3) is 5.43. The smallest absolute Gasteiger partial charge is 0.341 e. The van der Waals surface area contributed by atoms with Crippen LogP contribution in [0.2, 0.25) is 0 Å². The summed E-state index contributed by atoms with van der Waals surface area (Å²) in [5.41, 5.74) is 4.37. The number of thiophene rings is 1. The Morgan fingerprint density at radius 3 is 2.69 bits per heavy atom. The number of anilines is 1. The van der Waals surface area contributed by atoms with Crippen molar-refractivity contribution in [1.82, 2.24) is 9.88 Å². The Morgan fingerprint density at radius 2 is 1.92 bits per heavy atom. The van der Waals surface area contributed by atoms with E-state index in [9.17, 15) is 14.4 Å². The van der Waals surface area contributed by atoms with E-state index in [0.717, 1.165) is 64.8 Å². The summed E-state index contributed by atoms with van der Waals surface area (Å²) in [5, 5.41) is 4.11. The molecule has 3 aromatic rings. The molecule has 1 aliphatic carbocycles. The molecule has 5 rings (SSSR count). The molecule has 1 N–H and O–H groups in total. The number of ether oxygens (including phenoxy) is 2. The van der Waals surface area contributed by atoms with Gasteiger partial charge in [0.2, 0.25) is 0 Å². The van der Waals surface area contributed by atoms with Crippen LogP contribution in [0.15, 0.2) is 24.3 Å². The number of nitrogens with zero attached hydrogens (tertiary/aromatic N) is 2. The number of para-hydroxylation sites is 1. The molecule has 2 aliphatic rings. The number of carbonyl (C=O) groups is 3. The zero-order chi connectivity index (χ0) is 27.7. The van der Waals surface area contributed by atoms with Crippen molar-refractivity contribution in [2.24, 2.45) is 5.92 Å². The minimum absolute atomic E-state index is 0.252. The van der Waals surface area contributed by atoms with Gasteiger partial charge in [-0.15, -0.1) is 11.3 Å². The summed E-state index contributed by atoms with van der Waals surface area (Å²) < 4.78 is 11.2. The second-order valence-corrected chi connectivity index (χ2v) is 11.6. The van der Waals surface area contributed by atoms with Crippen molar-refractivity contribution in [3.05, 3.63) is 57.1 Å². The van der Waals surface area contributed by atoms with Crippen LogP contribution in [0, 0.1) is 5.92 Å². The lowest BCUT2D eigenvalue weighted by molar-refractivity contribution is -0.124. The highest BCUT2D eigenvalue weighted by Gasteiger charge is 2.32. The lowest BCUT2D eigenvalue weighted by atomic mass is 9.88. The Hall–Kier alpha value is -3.30. The van der Waals surface area contributed by atoms with Gasteiger partial charge in [-0.25, -0.2) is 9.59 Å². The molecule has 1 aliphatic heterocycles. The van der Waals surface area contributed by atoms with Crippen LogP contribution in [0.3, 0.4) is 0 Å². The molecule has 0 radical (unpaired) electrons. The number of aromatic nitrogens is 1. The van der Waals surface area contributed by atoms with Crippen LogP contribution in [0.1, 0.15) is 76.0 Å². The normalized spacial score (nSPS) is 17.7. The zero-order valence-electron chi connectivity index (χ0n) is 23.0. The maximum absolute atomic E-state index is 13.7. The van der Waals surface area contributed by atoms with Crippen LogP contribution in [-0.4, -0.2) is 54.0 Å². The Morgan fingerprint density at radius 1 is 1.13 bits per heavy atom. The third-order valence-corrected chi connectivity index (χ3v) is 8.75. The predicted octanol–water partition coefficient (Wildman–Crippen LogP) is 5.16. The van der Waals surface area contributed by atoms with E-state index in [0.29, 0.717) is 35.0 Å². The molecule has 8 nitrogen and oxygen atoms in total. The summed E-state index contributed by atoms with van der Waals surface area (Å²) in [6.07, 6.45) is 2.64. The summed E-state index contributed by atoms with van der Waals surface area (Å²) in [4.78, 5) is 48.1. The van der Waals surface area contributed by atoms with Crippen LogP contribution < -0.4 is 5.32 Å². The summed E-state index contributed by atoms with van der Waals surface area (Å²) >= 11 is 1.43. The average molecular weight is 550 g/mol. The molecule has 3 heterocycles. The topological polar surface area (TPSA) is 97.8 Å². The number of likely N-dealkylation sites (N-methyl/N-ethyl adjacent to an activating group) is 1. The van der Waals surface area contributed by atoms with Gasteiger partial charge in [0.05, 0.1) is 23.3 Å². The summed E-state index contributed by atoms with van der Waals surface area (Å²) in [5.74, 6) is -0.900. The molecule has 39 heavy (non-hydrogen) atoms. The number of hydrogen-bond acceptors (Lipinski definition) is 8. The Kier molecular flexibility index (Phi) is 8.00. The molecule has 0 bridgehead atoms. The van der Waals surface area contributed by atoms with Crippen molar-refractivity contribution in [3.8, 4) is 0 Å². The molecular weight excluding hydrogens is 514 g/mol. The average Bonchev–Trinajstić information content (AvgIpc) is 3.27. The lowest BCUT2D eigenvalue weighted by Crippen LogP contribution is -2.34. The van der Waals surface area contributed by atoms with Gasteiger partial charge in [-0.3, -0.25) is 9.78 Å². The number of benzene rings is 1. The van der Waals surface area contributed by atoms with Gasteiger partial charge in [0.25, 0.3) is 5.91 Å². The van der Waals surface area contributed by atoms with Gasteiger partial charge in [-0.2, -0.15) is 0 Å². The highest BCUT2D eigenvalue weighted by Crippen LogP contribution is 2.40. The van der Waals surface area contributed by atoms with E-state index >= 15 is 0 Å². The highest BCUT2D eigenvalue weighted by atomic mass is 32.1. The molecule has 0 saturated carbocycles. The van der Waals surface area contributed by atoms with E-state index in [4.69, 9.17) is 14.5 Å². The van der Waals surface area contributed by atoms with Gasteiger partial charge in [0, 0.05) is 41.0 Å². The molecule has 0 spiro atoms. The van der Waals surface area contributed by atoms with Crippen molar-refractivity contribution in [3.63, 3.8) is 0 Å². The SMILES string of the molecule is CCOC(=O)c1c(NC(=O)C(CC)OC(=O)c2c3c(nc4ccccc24)CCN(C)C3)sc2c1CCC(C)C2. The Balaban J connectivity index is 1.43. The number of esters is 2. The third-order valence-electron chi connectivity index (χ3n) is 7.58. The lowest BCUT2D eigenvalue weighted by Gasteiger charge is -2.27. The Labute approximate surface area is 232 Å². The molecule has 1 aromatic carbocycles. The predicted molar refractivity (Wildman–Crippen MR) is 151 cm³/mol. The van der Waals surface area contributed by atoms with E-state index in [1.165, 1.54) is 11.3 Å². The monoisotopic (exact) mass is 549 g/mol. The first-order chi connectivity index (χ1) is 18.8. The first kappa shape index (κ1) is 27.3. The van der Waals surface area contributed by atoms with Crippen LogP contribution in [0.5, 0.6) is 0 Å². The fourth-order valence-electron chi connectivity index (χ4n) is 5.52. The largest absolute Gasteiger partial charge is 0.462 e. The molecule has 1 amide bonds. The summed E-state index contributed by atoms with van der Waals surface area (Å²) in [6, 6.07) is 7.54. The Bertz CT molecular complexity index is 1430. The first-order valence-electron chi connectivity index (χ1n) is 13.7. The number of carbonyl (C=O) groups excluding carboxylic acids is 3. The summed E-state index contributed by atoms with van der Waals surface area (Å²) in [7, 11) is 2.01. The van der Waals surface area contributed by atoms with Crippen molar-refractivity contribution in [2.45, 2.75) is 65.5 Å². The maximum Gasteiger partial charge on any atom is 0.341 e. The van der Waals surface area contributed by atoms with E-state index in [-0.39, 0.29) is 6.61 Å². The van der Waals surface area contributed by atoms with Crippen molar-refractivity contribution in [2.75, 3.05) is 25.5 Å². The van der Waals surface area contributed by atoms with Gasteiger partial charge < -0.3 is 19.7 Å². The zero-order valence-corrected chi connectivity index (χ0v) is 23.8. The highest BCUT2D eigenvalue weighted by molar-refractivity contribution is 7.17. The minimum Gasteiger partial charge on any atom is -0.462 e. The number of nitrogens with one attached hydrogen (secondary N) is 1. The molecule has 2 atom stereocenters. The quantitative estimate of drug-likeness (QED) is 0.407. The number of rotatable bonds is 7. The molecule has 0 fully saturated rings. The van der Waals surface area contributed by atoms with Gasteiger partial charge in [0.1, 0.15) is 5.00 Å².